The molecule has 1 aliphatic heterocycles. The van der Waals surface area contributed by atoms with Crippen LogP contribution in [-0.4, -0.2) is 45.4 Å². The molecule has 2 aromatic carbocycles. The molecule has 1 saturated heterocycles. The maximum Gasteiger partial charge on any atom is 0.253 e. The summed E-state index contributed by atoms with van der Waals surface area (Å²) in [6, 6.07) is 13.7. The van der Waals surface area contributed by atoms with Gasteiger partial charge in [-0.3, -0.25) is 4.79 Å². The van der Waals surface area contributed by atoms with Crippen molar-refractivity contribution < 1.29 is 14.3 Å². The van der Waals surface area contributed by atoms with Gasteiger partial charge in [0.25, 0.3) is 5.91 Å². The smallest absolute Gasteiger partial charge is 0.253 e. The van der Waals surface area contributed by atoms with Crippen LogP contribution >= 0.6 is 0 Å². The second-order valence-corrected chi connectivity index (χ2v) is 6.47. The van der Waals surface area contributed by atoms with Crippen molar-refractivity contribution in [1.82, 2.24) is 5.32 Å². The average molecular weight is 354 g/mol. The highest BCUT2D eigenvalue weighted by Gasteiger charge is 2.18. The van der Waals surface area contributed by atoms with Gasteiger partial charge in [0.15, 0.2) is 0 Å². The SMILES string of the molecule is Cc1ccc(OCCNC(=O)c2ccccc2N2CCOCC2)cc1C. The van der Waals surface area contributed by atoms with Gasteiger partial charge in [0.05, 0.1) is 25.3 Å². The van der Waals surface area contributed by atoms with Crippen molar-refractivity contribution in [1.29, 1.82) is 0 Å². The predicted molar refractivity (Wildman–Crippen MR) is 103 cm³/mol. The molecule has 138 valence electrons. The van der Waals surface area contributed by atoms with E-state index in [9.17, 15) is 4.79 Å². The van der Waals surface area contributed by atoms with Gasteiger partial charge in [-0.25, -0.2) is 0 Å². The van der Waals surface area contributed by atoms with E-state index in [4.69, 9.17) is 9.47 Å². The Labute approximate surface area is 154 Å². The van der Waals surface area contributed by atoms with Crippen LogP contribution in [0.4, 0.5) is 5.69 Å². The number of nitrogens with one attached hydrogen (secondary N) is 1. The van der Waals surface area contributed by atoms with Crippen LogP contribution in [0.5, 0.6) is 5.75 Å². The average Bonchev–Trinajstić information content (AvgIpc) is 2.68. The number of amides is 1. The molecule has 1 amide bonds. The number of carbonyl (C=O) groups excluding carboxylic acids is 1. The van der Waals surface area contributed by atoms with Crippen LogP contribution in [0.3, 0.4) is 0 Å². The number of rotatable bonds is 6. The Hall–Kier alpha value is -2.53. The standard InChI is InChI=1S/C21H26N2O3/c1-16-7-8-18(15-17(16)2)26-12-9-22-21(24)19-5-3-4-6-20(19)23-10-13-25-14-11-23/h3-8,15H,9-14H2,1-2H3,(H,22,24). The number of carbonyl (C=O) groups is 1. The van der Waals surface area contributed by atoms with Crippen LogP contribution in [0, 0.1) is 13.8 Å². The van der Waals surface area contributed by atoms with Gasteiger partial charge in [-0.1, -0.05) is 18.2 Å². The largest absolute Gasteiger partial charge is 0.492 e. The summed E-state index contributed by atoms with van der Waals surface area (Å²) in [4.78, 5) is 14.8. The van der Waals surface area contributed by atoms with Gasteiger partial charge in [0, 0.05) is 18.8 Å². The Balaban J connectivity index is 1.54. The van der Waals surface area contributed by atoms with Crippen molar-refractivity contribution >= 4 is 11.6 Å². The number of anilines is 1. The molecule has 0 aromatic heterocycles. The van der Waals surface area contributed by atoms with Crippen molar-refractivity contribution in [3.05, 3.63) is 59.2 Å². The van der Waals surface area contributed by atoms with E-state index in [1.54, 1.807) is 0 Å². The monoisotopic (exact) mass is 354 g/mol. The van der Waals surface area contributed by atoms with Crippen LogP contribution in [-0.2, 0) is 4.74 Å². The molecule has 0 radical (unpaired) electrons. The van der Waals surface area contributed by atoms with Crippen LogP contribution in [0.1, 0.15) is 21.5 Å². The Kier molecular flexibility index (Phi) is 6.12. The number of morpholine rings is 1. The van der Waals surface area contributed by atoms with Gasteiger partial charge in [-0.05, 0) is 49.2 Å². The molecule has 0 bridgehead atoms. The van der Waals surface area contributed by atoms with Crippen molar-refractivity contribution in [2.24, 2.45) is 0 Å². The lowest BCUT2D eigenvalue weighted by Crippen LogP contribution is -2.38. The Morgan fingerprint density at radius 2 is 1.88 bits per heavy atom. The number of nitrogens with zero attached hydrogens (tertiary/aromatic N) is 1. The van der Waals surface area contributed by atoms with Crippen LogP contribution in [0.25, 0.3) is 0 Å². The molecular weight excluding hydrogens is 328 g/mol. The Morgan fingerprint density at radius 1 is 1.12 bits per heavy atom. The molecule has 1 fully saturated rings. The fraction of sp³-hybridized carbons (Fsp3) is 0.381. The minimum atomic E-state index is -0.0734. The van der Waals surface area contributed by atoms with Crippen LogP contribution < -0.4 is 15.0 Å². The molecule has 1 N–H and O–H groups in total. The lowest BCUT2D eigenvalue weighted by Gasteiger charge is -2.30. The van der Waals surface area contributed by atoms with Crippen LogP contribution in [0.2, 0.25) is 0 Å². The van der Waals surface area contributed by atoms with E-state index in [0.29, 0.717) is 31.9 Å². The lowest BCUT2D eigenvalue weighted by molar-refractivity contribution is 0.0945. The molecule has 26 heavy (non-hydrogen) atoms. The maximum atomic E-state index is 12.6. The third kappa shape index (κ3) is 4.55. The number of para-hydroxylation sites is 1. The van der Waals surface area contributed by atoms with Gasteiger partial charge in [0.2, 0.25) is 0 Å². The molecule has 0 unspecified atom stereocenters. The van der Waals surface area contributed by atoms with Crippen molar-refractivity contribution in [3.8, 4) is 5.75 Å². The second kappa shape index (κ2) is 8.72. The lowest BCUT2D eigenvalue weighted by atomic mass is 10.1. The summed E-state index contributed by atoms with van der Waals surface area (Å²) in [7, 11) is 0. The normalized spacial score (nSPS) is 14.2. The first-order valence-electron chi connectivity index (χ1n) is 9.05. The zero-order valence-corrected chi connectivity index (χ0v) is 15.5. The molecule has 0 spiro atoms. The van der Waals surface area contributed by atoms with E-state index in [-0.39, 0.29) is 5.91 Å². The van der Waals surface area contributed by atoms with Crippen molar-refractivity contribution in [2.45, 2.75) is 13.8 Å². The quantitative estimate of drug-likeness (QED) is 0.811. The molecule has 1 aliphatic rings. The van der Waals surface area contributed by atoms with E-state index < -0.39 is 0 Å². The second-order valence-electron chi connectivity index (χ2n) is 6.47. The maximum absolute atomic E-state index is 12.6. The van der Waals surface area contributed by atoms with E-state index in [1.807, 2.05) is 42.5 Å². The van der Waals surface area contributed by atoms with Crippen molar-refractivity contribution in [2.75, 3.05) is 44.4 Å². The fourth-order valence-corrected chi connectivity index (χ4v) is 2.98. The summed E-state index contributed by atoms with van der Waals surface area (Å²) in [5.74, 6) is 0.756. The summed E-state index contributed by atoms with van der Waals surface area (Å²) >= 11 is 0. The van der Waals surface area contributed by atoms with E-state index >= 15 is 0 Å². The first-order chi connectivity index (χ1) is 12.6. The first kappa shape index (κ1) is 18.3. The zero-order valence-electron chi connectivity index (χ0n) is 15.5. The van der Waals surface area contributed by atoms with Crippen molar-refractivity contribution in [3.63, 3.8) is 0 Å². The number of hydrogen-bond acceptors (Lipinski definition) is 4. The molecule has 0 atom stereocenters. The molecule has 3 rings (SSSR count). The highest BCUT2D eigenvalue weighted by molar-refractivity contribution is 5.99. The summed E-state index contributed by atoms with van der Waals surface area (Å²) in [6.45, 7) is 8.04. The Morgan fingerprint density at radius 3 is 2.65 bits per heavy atom. The first-order valence-corrected chi connectivity index (χ1v) is 9.05. The predicted octanol–water partition coefficient (Wildman–Crippen LogP) is 2.95. The third-order valence-corrected chi connectivity index (χ3v) is 4.64. The third-order valence-electron chi connectivity index (χ3n) is 4.64. The molecule has 0 aliphatic carbocycles. The number of benzene rings is 2. The van der Waals surface area contributed by atoms with Gasteiger partial charge in [-0.2, -0.15) is 0 Å². The minimum absolute atomic E-state index is 0.0734. The number of hydrogen-bond donors (Lipinski definition) is 1. The molecular formula is C21H26N2O3. The molecule has 0 saturated carbocycles. The highest BCUT2D eigenvalue weighted by atomic mass is 16.5. The van der Waals surface area contributed by atoms with Gasteiger partial charge >= 0.3 is 0 Å². The number of ether oxygens (including phenoxy) is 2. The van der Waals surface area contributed by atoms with Crippen LogP contribution in [0.15, 0.2) is 42.5 Å². The van der Waals surface area contributed by atoms with Gasteiger partial charge < -0.3 is 19.7 Å². The molecule has 1 heterocycles. The van der Waals surface area contributed by atoms with E-state index in [0.717, 1.165) is 24.5 Å². The molecule has 5 heteroatoms. The van der Waals surface area contributed by atoms with E-state index in [2.05, 4.69) is 24.1 Å². The summed E-state index contributed by atoms with van der Waals surface area (Å²) < 4.78 is 11.1. The fourth-order valence-electron chi connectivity index (χ4n) is 2.98. The molecule has 2 aromatic rings. The summed E-state index contributed by atoms with van der Waals surface area (Å²) in [5, 5.41) is 2.95. The highest BCUT2D eigenvalue weighted by Crippen LogP contribution is 2.21. The summed E-state index contributed by atoms with van der Waals surface area (Å²) in [5.41, 5.74) is 4.10. The Bertz CT molecular complexity index is 755. The van der Waals surface area contributed by atoms with Gasteiger partial charge in [-0.15, -0.1) is 0 Å². The minimum Gasteiger partial charge on any atom is -0.492 e. The van der Waals surface area contributed by atoms with E-state index in [1.165, 1.54) is 11.1 Å². The topological polar surface area (TPSA) is 50.8 Å². The zero-order chi connectivity index (χ0) is 18.4. The van der Waals surface area contributed by atoms with Gasteiger partial charge in [0.1, 0.15) is 12.4 Å². The number of aryl methyl sites for hydroxylation is 2. The summed E-state index contributed by atoms with van der Waals surface area (Å²) in [6.07, 6.45) is 0. The molecule has 5 nitrogen and oxygen atoms in total.